The molecule has 0 aliphatic rings. The van der Waals surface area contributed by atoms with Gasteiger partial charge in [-0.25, -0.2) is 0 Å². The standard InChI is InChI=1S/C14H20N4/c1-17(2)13-6-4-11(5-7-13)14(15)10-12-8-9-18(3)16-12/h4-9,14H,10,15H2,1-3H3. The molecule has 0 amide bonds. The third-order valence-corrected chi connectivity index (χ3v) is 3.04. The lowest BCUT2D eigenvalue weighted by molar-refractivity contribution is 0.675. The van der Waals surface area contributed by atoms with Crippen LogP contribution in [0.2, 0.25) is 0 Å². The van der Waals surface area contributed by atoms with Gasteiger partial charge in [0.15, 0.2) is 0 Å². The monoisotopic (exact) mass is 244 g/mol. The van der Waals surface area contributed by atoms with Crippen molar-refractivity contribution >= 4 is 5.69 Å². The molecule has 0 fully saturated rings. The van der Waals surface area contributed by atoms with E-state index in [1.165, 1.54) is 5.69 Å². The summed E-state index contributed by atoms with van der Waals surface area (Å²) in [5.41, 5.74) is 9.56. The lowest BCUT2D eigenvalue weighted by atomic mass is 10.0. The summed E-state index contributed by atoms with van der Waals surface area (Å²) in [7, 11) is 5.98. The predicted octanol–water partition coefficient (Wildman–Crippen LogP) is 1.73. The van der Waals surface area contributed by atoms with Gasteiger partial charge < -0.3 is 10.6 Å². The molecule has 4 heteroatoms. The average molecular weight is 244 g/mol. The highest BCUT2D eigenvalue weighted by Crippen LogP contribution is 2.18. The maximum absolute atomic E-state index is 6.20. The van der Waals surface area contributed by atoms with E-state index in [1.807, 2.05) is 33.4 Å². The van der Waals surface area contributed by atoms with Gasteiger partial charge >= 0.3 is 0 Å². The summed E-state index contributed by atoms with van der Waals surface area (Å²) in [6.07, 6.45) is 2.71. The Labute approximate surface area is 108 Å². The normalized spacial score (nSPS) is 12.4. The maximum Gasteiger partial charge on any atom is 0.0643 e. The zero-order chi connectivity index (χ0) is 13.1. The summed E-state index contributed by atoms with van der Waals surface area (Å²) in [6, 6.07) is 10.4. The lowest BCUT2D eigenvalue weighted by Gasteiger charge is -2.15. The lowest BCUT2D eigenvalue weighted by Crippen LogP contribution is -2.14. The van der Waals surface area contributed by atoms with Crippen molar-refractivity contribution in [3.63, 3.8) is 0 Å². The first-order valence-electron chi connectivity index (χ1n) is 6.07. The van der Waals surface area contributed by atoms with Crippen LogP contribution in [-0.2, 0) is 13.5 Å². The van der Waals surface area contributed by atoms with Crippen molar-refractivity contribution in [3.05, 3.63) is 47.8 Å². The molecule has 0 bridgehead atoms. The van der Waals surface area contributed by atoms with E-state index in [0.29, 0.717) is 0 Å². The summed E-state index contributed by atoms with van der Waals surface area (Å²) in [6.45, 7) is 0. The van der Waals surface area contributed by atoms with Crippen LogP contribution in [0.25, 0.3) is 0 Å². The maximum atomic E-state index is 6.20. The van der Waals surface area contributed by atoms with Gasteiger partial charge in [-0.05, 0) is 23.8 Å². The minimum absolute atomic E-state index is 0.00360. The fraction of sp³-hybridized carbons (Fsp3) is 0.357. The zero-order valence-electron chi connectivity index (χ0n) is 11.2. The topological polar surface area (TPSA) is 47.1 Å². The van der Waals surface area contributed by atoms with E-state index in [2.05, 4.69) is 34.3 Å². The first-order chi connectivity index (χ1) is 8.56. The summed E-state index contributed by atoms with van der Waals surface area (Å²) in [5.74, 6) is 0. The highest BCUT2D eigenvalue weighted by Gasteiger charge is 2.09. The number of nitrogens with zero attached hydrogens (tertiary/aromatic N) is 3. The van der Waals surface area contributed by atoms with Gasteiger partial charge in [0.25, 0.3) is 0 Å². The van der Waals surface area contributed by atoms with Gasteiger partial charge in [-0.2, -0.15) is 5.10 Å². The van der Waals surface area contributed by atoms with E-state index in [4.69, 9.17) is 5.73 Å². The van der Waals surface area contributed by atoms with Crippen LogP contribution in [0.1, 0.15) is 17.3 Å². The number of nitrogens with two attached hydrogens (primary N) is 1. The highest BCUT2D eigenvalue weighted by atomic mass is 15.2. The fourth-order valence-corrected chi connectivity index (χ4v) is 1.93. The van der Waals surface area contributed by atoms with Crippen LogP contribution in [0.4, 0.5) is 5.69 Å². The SMILES string of the molecule is CN(C)c1ccc(C(N)Cc2ccn(C)n2)cc1. The molecule has 0 saturated heterocycles. The van der Waals surface area contributed by atoms with Crippen LogP contribution in [0.15, 0.2) is 36.5 Å². The Morgan fingerprint density at radius 1 is 1.22 bits per heavy atom. The third kappa shape index (κ3) is 2.90. The second kappa shape index (κ2) is 5.23. The van der Waals surface area contributed by atoms with Gasteiger partial charge in [0.1, 0.15) is 0 Å². The number of aryl methyl sites for hydroxylation is 1. The molecule has 1 unspecified atom stereocenters. The summed E-state index contributed by atoms with van der Waals surface area (Å²) in [4.78, 5) is 2.08. The Kier molecular flexibility index (Phi) is 3.67. The molecular weight excluding hydrogens is 224 g/mol. The smallest absolute Gasteiger partial charge is 0.0643 e. The van der Waals surface area contributed by atoms with E-state index in [0.717, 1.165) is 17.7 Å². The molecule has 1 atom stereocenters. The Balaban J connectivity index is 2.06. The summed E-state index contributed by atoms with van der Waals surface area (Å²) in [5, 5.41) is 4.35. The second-order valence-corrected chi connectivity index (χ2v) is 4.78. The third-order valence-electron chi connectivity index (χ3n) is 3.04. The average Bonchev–Trinajstić information content (AvgIpc) is 2.75. The predicted molar refractivity (Wildman–Crippen MR) is 74.6 cm³/mol. The van der Waals surface area contributed by atoms with Crippen LogP contribution in [-0.4, -0.2) is 23.9 Å². The molecule has 0 aliphatic heterocycles. The second-order valence-electron chi connectivity index (χ2n) is 4.78. The molecule has 0 saturated carbocycles. The molecule has 4 nitrogen and oxygen atoms in total. The Morgan fingerprint density at radius 3 is 2.39 bits per heavy atom. The molecule has 2 rings (SSSR count). The van der Waals surface area contributed by atoms with Gasteiger partial charge in [0.2, 0.25) is 0 Å². The van der Waals surface area contributed by atoms with Crippen molar-refractivity contribution in [2.75, 3.05) is 19.0 Å². The highest BCUT2D eigenvalue weighted by molar-refractivity contribution is 5.46. The van der Waals surface area contributed by atoms with Crippen molar-refractivity contribution in [2.24, 2.45) is 12.8 Å². The molecule has 2 N–H and O–H groups in total. The van der Waals surface area contributed by atoms with E-state index in [9.17, 15) is 0 Å². The van der Waals surface area contributed by atoms with Crippen molar-refractivity contribution < 1.29 is 0 Å². The molecule has 0 aliphatic carbocycles. The quantitative estimate of drug-likeness (QED) is 0.891. The molecule has 18 heavy (non-hydrogen) atoms. The largest absolute Gasteiger partial charge is 0.378 e. The Bertz CT molecular complexity index is 499. The van der Waals surface area contributed by atoms with Crippen molar-refractivity contribution in [1.82, 2.24) is 9.78 Å². The molecule has 0 radical (unpaired) electrons. The van der Waals surface area contributed by atoms with E-state index < -0.39 is 0 Å². The molecular formula is C14H20N4. The van der Waals surface area contributed by atoms with E-state index in [1.54, 1.807) is 4.68 Å². The van der Waals surface area contributed by atoms with Crippen molar-refractivity contribution in [2.45, 2.75) is 12.5 Å². The van der Waals surface area contributed by atoms with Crippen molar-refractivity contribution in [3.8, 4) is 0 Å². The van der Waals surface area contributed by atoms with Gasteiger partial charge in [0.05, 0.1) is 5.69 Å². The number of anilines is 1. The number of rotatable bonds is 4. The molecule has 1 aromatic heterocycles. The number of hydrogen-bond donors (Lipinski definition) is 1. The van der Waals surface area contributed by atoms with Crippen LogP contribution >= 0.6 is 0 Å². The summed E-state index contributed by atoms with van der Waals surface area (Å²) >= 11 is 0. The van der Waals surface area contributed by atoms with Crippen LogP contribution in [0.5, 0.6) is 0 Å². The number of benzene rings is 1. The molecule has 1 aromatic carbocycles. The Morgan fingerprint density at radius 2 is 1.89 bits per heavy atom. The first kappa shape index (κ1) is 12.6. The van der Waals surface area contributed by atoms with Gasteiger partial charge in [-0.1, -0.05) is 12.1 Å². The Hall–Kier alpha value is -1.81. The fourth-order valence-electron chi connectivity index (χ4n) is 1.93. The molecule has 96 valence electrons. The van der Waals surface area contributed by atoms with Crippen LogP contribution in [0, 0.1) is 0 Å². The van der Waals surface area contributed by atoms with Gasteiger partial charge in [-0.15, -0.1) is 0 Å². The number of aromatic nitrogens is 2. The van der Waals surface area contributed by atoms with E-state index >= 15 is 0 Å². The minimum Gasteiger partial charge on any atom is -0.378 e. The van der Waals surface area contributed by atoms with E-state index in [-0.39, 0.29) is 6.04 Å². The first-order valence-corrected chi connectivity index (χ1v) is 6.07. The van der Waals surface area contributed by atoms with Gasteiger partial charge in [0, 0.05) is 45.5 Å². The molecule has 2 aromatic rings. The molecule has 0 spiro atoms. The number of hydrogen-bond acceptors (Lipinski definition) is 3. The zero-order valence-corrected chi connectivity index (χ0v) is 11.2. The minimum atomic E-state index is -0.00360. The van der Waals surface area contributed by atoms with Crippen LogP contribution in [0.3, 0.4) is 0 Å². The van der Waals surface area contributed by atoms with Crippen LogP contribution < -0.4 is 10.6 Å². The van der Waals surface area contributed by atoms with Crippen molar-refractivity contribution in [1.29, 1.82) is 0 Å². The van der Waals surface area contributed by atoms with Gasteiger partial charge in [-0.3, -0.25) is 4.68 Å². The summed E-state index contributed by atoms with van der Waals surface area (Å²) < 4.78 is 1.80. The molecule has 1 heterocycles.